The molecule has 0 aromatic carbocycles. The number of carbonyl (C=O) groups is 2. The van der Waals surface area contributed by atoms with Crippen molar-refractivity contribution in [1.29, 1.82) is 0 Å². The molecule has 1 rings (SSSR count). The quantitative estimate of drug-likeness (QED) is 0.774. The Morgan fingerprint density at radius 3 is 2.31 bits per heavy atom. The van der Waals surface area contributed by atoms with E-state index in [2.05, 4.69) is 0 Å². The number of rotatable bonds is 4. The van der Waals surface area contributed by atoms with Gasteiger partial charge in [0.1, 0.15) is 0 Å². The summed E-state index contributed by atoms with van der Waals surface area (Å²) in [7, 11) is 0. The van der Waals surface area contributed by atoms with Gasteiger partial charge in [0.25, 0.3) is 0 Å². The predicted molar refractivity (Wildman–Crippen MR) is 59.1 cm³/mol. The van der Waals surface area contributed by atoms with Gasteiger partial charge < -0.3 is 10.2 Å². The zero-order chi connectivity index (χ0) is 12.3. The summed E-state index contributed by atoms with van der Waals surface area (Å²) in [6, 6.07) is 0. The Hall–Kier alpha value is -1.06. The number of hydrogen-bond acceptors (Lipinski definition) is 2. The van der Waals surface area contributed by atoms with Crippen LogP contribution in [0.1, 0.15) is 46.0 Å². The van der Waals surface area contributed by atoms with E-state index >= 15 is 0 Å². The fourth-order valence-corrected chi connectivity index (χ4v) is 3.00. The molecule has 0 aromatic heterocycles. The third kappa shape index (κ3) is 2.06. The van der Waals surface area contributed by atoms with Crippen LogP contribution in [-0.2, 0) is 9.59 Å². The maximum Gasteiger partial charge on any atom is 0.309 e. The van der Waals surface area contributed by atoms with Crippen molar-refractivity contribution in [2.45, 2.75) is 46.0 Å². The highest BCUT2D eigenvalue weighted by Crippen LogP contribution is 2.47. The molecule has 0 aromatic rings. The first-order valence-corrected chi connectivity index (χ1v) is 5.94. The molecule has 3 atom stereocenters. The van der Waals surface area contributed by atoms with E-state index in [0.717, 1.165) is 6.42 Å². The summed E-state index contributed by atoms with van der Waals surface area (Å²) >= 11 is 0. The van der Waals surface area contributed by atoms with Crippen LogP contribution in [0.15, 0.2) is 0 Å². The van der Waals surface area contributed by atoms with Crippen molar-refractivity contribution in [2.24, 2.45) is 17.3 Å². The van der Waals surface area contributed by atoms with Crippen molar-refractivity contribution >= 4 is 11.9 Å². The van der Waals surface area contributed by atoms with Crippen LogP contribution in [0.4, 0.5) is 0 Å². The van der Waals surface area contributed by atoms with Crippen LogP contribution in [-0.4, -0.2) is 22.2 Å². The Balaban J connectivity index is 2.90. The summed E-state index contributed by atoms with van der Waals surface area (Å²) in [5.41, 5.74) is -0.694. The van der Waals surface area contributed by atoms with E-state index in [0.29, 0.717) is 25.7 Å². The van der Waals surface area contributed by atoms with Crippen molar-refractivity contribution in [3.05, 3.63) is 0 Å². The van der Waals surface area contributed by atoms with Crippen LogP contribution in [0.5, 0.6) is 0 Å². The first kappa shape index (κ1) is 13.0. The molecule has 0 aliphatic heterocycles. The van der Waals surface area contributed by atoms with Gasteiger partial charge >= 0.3 is 11.9 Å². The molecule has 92 valence electrons. The normalized spacial score (nSPS) is 34.6. The van der Waals surface area contributed by atoms with Crippen molar-refractivity contribution in [3.63, 3.8) is 0 Å². The maximum atomic E-state index is 11.4. The number of aliphatic carboxylic acids is 2. The summed E-state index contributed by atoms with van der Waals surface area (Å²) in [4.78, 5) is 22.3. The predicted octanol–water partition coefficient (Wildman–Crippen LogP) is 2.38. The molecule has 1 unspecified atom stereocenters. The first-order chi connectivity index (χ1) is 7.47. The smallest absolute Gasteiger partial charge is 0.309 e. The average Bonchev–Trinajstić information content (AvgIpc) is 2.27. The van der Waals surface area contributed by atoms with E-state index in [-0.39, 0.29) is 11.8 Å². The van der Waals surface area contributed by atoms with Gasteiger partial charge in [0.2, 0.25) is 0 Å². The monoisotopic (exact) mass is 228 g/mol. The Morgan fingerprint density at radius 2 is 1.94 bits per heavy atom. The van der Waals surface area contributed by atoms with Crippen molar-refractivity contribution < 1.29 is 19.8 Å². The van der Waals surface area contributed by atoms with Gasteiger partial charge in [0, 0.05) is 0 Å². The van der Waals surface area contributed by atoms with Gasteiger partial charge in [-0.1, -0.05) is 20.3 Å². The van der Waals surface area contributed by atoms with Crippen LogP contribution in [0, 0.1) is 17.3 Å². The number of hydrogen-bond donors (Lipinski definition) is 2. The van der Waals surface area contributed by atoms with E-state index in [9.17, 15) is 14.7 Å². The molecule has 1 aliphatic carbocycles. The van der Waals surface area contributed by atoms with Crippen molar-refractivity contribution in [2.75, 3.05) is 0 Å². The zero-order valence-electron chi connectivity index (χ0n) is 9.90. The molecule has 4 heteroatoms. The molecule has 0 spiro atoms. The highest BCUT2D eigenvalue weighted by atomic mass is 16.4. The highest BCUT2D eigenvalue weighted by Gasteiger charge is 2.48. The van der Waals surface area contributed by atoms with E-state index in [1.54, 1.807) is 0 Å². The van der Waals surface area contributed by atoms with E-state index < -0.39 is 17.4 Å². The largest absolute Gasteiger partial charge is 0.481 e. The molecule has 0 bridgehead atoms. The number of carboxylic acid groups (broad SMARTS) is 2. The van der Waals surface area contributed by atoms with Gasteiger partial charge in [-0.3, -0.25) is 9.59 Å². The second kappa shape index (κ2) is 4.85. The van der Waals surface area contributed by atoms with Crippen LogP contribution in [0.2, 0.25) is 0 Å². The molecule has 1 fully saturated rings. The Bertz CT molecular complexity index is 287. The van der Waals surface area contributed by atoms with Gasteiger partial charge in [-0.2, -0.15) is 0 Å². The minimum absolute atomic E-state index is 0.00940. The van der Waals surface area contributed by atoms with E-state index in [1.165, 1.54) is 0 Å². The second-order valence-corrected chi connectivity index (χ2v) is 4.73. The lowest BCUT2D eigenvalue weighted by Crippen LogP contribution is -2.43. The summed E-state index contributed by atoms with van der Waals surface area (Å²) in [6.45, 7) is 3.83. The summed E-state index contributed by atoms with van der Waals surface area (Å²) in [5, 5.41) is 18.4. The molecule has 0 heterocycles. The van der Waals surface area contributed by atoms with Gasteiger partial charge in [0.15, 0.2) is 0 Å². The van der Waals surface area contributed by atoms with Crippen LogP contribution in [0.25, 0.3) is 0 Å². The second-order valence-electron chi connectivity index (χ2n) is 4.73. The molecule has 2 N–H and O–H groups in total. The summed E-state index contributed by atoms with van der Waals surface area (Å²) in [6.07, 6.45) is 2.82. The molecular formula is C12H20O4. The molecule has 4 nitrogen and oxygen atoms in total. The topological polar surface area (TPSA) is 74.6 Å². The Kier molecular flexibility index (Phi) is 3.94. The van der Waals surface area contributed by atoms with Gasteiger partial charge in [-0.25, -0.2) is 0 Å². The van der Waals surface area contributed by atoms with Crippen molar-refractivity contribution in [1.82, 2.24) is 0 Å². The van der Waals surface area contributed by atoms with Gasteiger partial charge in [-0.05, 0) is 31.6 Å². The first-order valence-electron chi connectivity index (χ1n) is 5.94. The third-order valence-corrected chi connectivity index (χ3v) is 4.19. The minimum Gasteiger partial charge on any atom is -0.481 e. The molecule has 0 saturated heterocycles. The van der Waals surface area contributed by atoms with Crippen molar-refractivity contribution in [3.8, 4) is 0 Å². The maximum absolute atomic E-state index is 11.4. The van der Waals surface area contributed by atoms with Crippen LogP contribution >= 0.6 is 0 Å². The molecule has 1 aliphatic rings. The van der Waals surface area contributed by atoms with Crippen LogP contribution in [0.3, 0.4) is 0 Å². The molecule has 1 saturated carbocycles. The average molecular weight is 228 g/mol. The highest BCUT2D eigenvalue weighted by molar-refractivity contribution is 5.76. The molecular weight excluding hydrogens is 208 g/mol. The zero-order valence-corrected chi connectivity index (χ0v) is 9.90. The molecule has 16 heavy (non-hydrogen) atoms. The third-order valence-electron chi connectivity index (χ3n) is 4.19. The molecule has 0 amide bonds. The SMILES string of the molecule is CCC1C[C@@H](C(=O)O)CC[C@]1(CC)C(=O)O. The Labute approximate surface area is 95.7 Å². The standard InChI is InChI=1S/C12H20O4/c1-3-9-7-8(10(13)14)5-6-12(9,4-2)11(15)16/h8-9H,3-7H2,1-2H3,(H,13,14)(H,15,16)/t8-,9?,12-/m0/s1. The summed E-state index contributed by atoms with van der Waals surface area (Å²) < 4.78 is 0. The Morgan fingerprint density at radius 1 is 1.31 bits per heavy atom. The van der Waals surface area contributed by atoms with Gasteiger partial charge in [0.05, 0.1) is 11.3 Å². The fraction of sp³-hybridized carbons (Fsp3) is 0.833. The summed E-state index contributed by atoms with van der Waals surface area (Å²) in [5.74, 6) is -1.91. The molecule has 0 radical (unpaired) electrons. The minimum atomic E-state index is -0.784. The van der Waals surface area contributed by atoms with Gasteiger partial charge in [-0.15, -0.1) is 0 Å². The van der Waals surface area contributed by atoms with E-state index in [4.69, 9.17) is 5.11 Å². The van der Waals surface area contributed by atoms with Crippen LogP contribution < -0.4 is 0 Å². The van der Waals surface area contributed by atoms with E-state index in [1.807, 2.05) is 13.8 Å². The lowest BCUT2D eigenvalue weighted by molar-refractivity contribution is -0.161. The fourth-order valence-electron chi connectivity index (χ4n) is 3.00. The lowest BCUT2D eigenvalue weighted by Gasteiger charge is -2.42. The lowest BCUT2D eigenvalue weighted by atomic mass is 9.61. The number of carboxylic acids is 2.